The van der Waals surface area contributed by atoms with Crippen molar-refractivity contribution in [1.29, 1.82) is 0 Å². The fourth-order valence-electron chi connectivity index (χ4n) is 4.02. The Morgan fingerprint density at radius 2 is 1.95 bits per heavy atom. The molecule has 0 amide bonds. The molecule has 1 aliphatic heterocycles. The van der Waals surface area contributed by atoms with Crippen molar-refractivity contribution in [1.82, 2.24) is 4.90 Å². The largest absolute Gasteiger partial charge is 0.391 e. The summed E-state index contributed by atoms with van der Waals surface area (Å²) >= 11 is 0. The molecule has 118 valence electrons. The van der Waals surface area contributed by atoms with Crippen molar-refractivity contribution in [3.8, 4) is 0 Å². The highest BCUT2D eigenvalue weighted by Crippen LogP contribution is 2.39. The van der Waals surface area contributed by atoms with Gasteiger partial charge in [0.1, 0.15) is 0 Å². The third kappa shape index (κ3) is 3.75. The number of likely N-dealkylation sites (N-methyl/N-ethyl adjacent to an activating group) is 1. The van der Waals surface area contributed by atoms with Crippen molar-refractivity contribution < 1.29 is 9.84 Å². The van der Waals surface area contributed by atoms with Crippen LogP contribution in [-0.2, 0) is 4.74 Å². The Kier molecular flexibility index (Phi) is 5.88. The molecule has 0 radical (unpaired) electrons. The molecule has 2 aliphatic rings. The fraction of sp³-hybridized carbons (Fsp3) is 1.00. The minimum Gasteiger partial charge on any atom is -0.391 e. The highest BCUT2D eigenvalue weighted by molar-refractivity contribution is 4.97. The third-order valence-corrected chi connectivity index (χ3v) is 5.68. The first kappa shape index (κ1) is 16.3. The maximum atomic E-state index is 10.8. The molecule has 1 saturated carbocycles. The van der Waals surface area contributed by atoms with Gasteiger partial charge in [0, 0.05) is 12.1 Å². The lowest BCUT2D eigenvalue weighted by molar-refractivity contribution is -0.0447. The third-order valence-electron chi connectivity index (χ3n) is 5.68. The van der Waals surface area contributed by atoms with Crippen LogP contribution in [0.5, 0.6) is 0 Å². The second kappa shape index (κ2) is 7.24. The zero-order valence-corrected chi connectivity index (χ0v) is 13.6. The normalized spacial score (nSPS) is 36.5. The van der Waals surface area contributed by atoms with Gasteiger partial charge in [-0.15, -0.1) is 0 Å². The molecule has 2 unspecified atom stereocenters. The van der Waals surface area contributed by atoms with Crippen LogP contribution in [0.25, 0.3) is 0 Å². The molecule has 1 saturated heterocycles. The van der Waals surface area contributed by atoms with Crippen molar-refractivity contribution in [2.24, 2.45) is 5.92 Å². The summed E-state index contributed by atoms with van der Waals surface area (Å²) in [4.78, 5) is 2.29. The van der Waals surface area contributed by atoms with Gasteiger partial charge in [0.15, 0.2) is 0 Å². The van der Waals surface area contributed by atoms with Gasteiger partial charge in [0.25, 0.3) is 0 Å². The molecular weight excluding hydrogens is 250 g/mol. The summed E-state index contributed by atoms with van der Waals surface area (Å²) in [6.07, 6.45) is 10.6. The molecule has 3 nitrogen and oxygen atoms in total. The van der Waals surface area contributed by atoms with Gasteiger partial charge < -0.3 is 14.7 Å². The molecule has 3 heteroatoms. The second-order valence-corrected chi connectivity index (χ2v) is 7.26. The summed E-state index contributed by atoms with van der Waals surface area (Å²) in [5, 5.41) is 10.8. The monoisotopic (exact) mass is 283 g/mol. The van der Waals surface area contributed by atoms with Crippen LogP contribution < -0.4 is 0 Å². The van der Waals surface area contributed by atoms with E-state index in [9.17, 15) is 5.11 Å². The van der Waals surface area contributed by atoms with Crippen LogP contribution in [0.1, 0.15) is 64.7 Å². The number of ether oxygens (including phenoxy) is 1. The maximum absolute atomic E-state index is 10.8. The molecular formula is C17H33NO2. The molecule has 0 bridgehead atoms. The summed E-state index contributed by atoms with van der Waals surface area (Å²) in [5.74, 6) is 0.821. The van der Waals surface area contributed by atoms with E-state index in [1.807, 2.05) is 0 Å². The topological polar surface area (TPSA) is 32.7 Å². The SMILES string of the molecule is CC1CCC(C(O)CCCC2CCCO2)(N(C)C)CC1. The van der Waals surface area contributed by atoms with Gasteiger partial charge in [-0.3, -0.25) is 0 Å². The standard InChI is InChI=1S/C17H33NO2/c1-14-9-11-17(12-10-14,18(2)3)16(19)8-4-6-15-7-5-13-20-15/h14-16,19H,4-13H2,1-3H3. The number of hydrogen-bond donors (Lipinski definition) is 1. The first-order valence-corrected chi connectivity index (χ1v) is 8.51. The van der Waals surface area contributed by atoms with E-state index < -0.39 is 0 Å². The van der Waals surface area contributed by atoms with Gasteiger partial charge in [-0.1, -0.05) is 6.92 Å². The van der Waals surface area contributed by atoms with Crippen molar-refractivity contribution in [3.63, 3.8) is 0 Å². The summed E-state index contributed by atoms with van der Waals surface area (Å²) in [7, 11) is 4.28. The zero-order chi connectivity index (χ0) is 14.6. The Balaban J connectivity index is 1.82. The molecule has 0 spiro atoms. The number of aliphatic hydroxyl groups excluding tert-OH is 1. The van der Waals surface area contributed by atoms with E-state index in [0.717, 1.165) is 44.6 Å². The van der Waals surface area contributed by atoms with E-state index in [1.54, 1.807) is 0 Å². The Morgan fingerprint density at radius 1 is 1.25 bits per heavy atom. The predicted octanol–water partition coefficient (Wildman–Crippen LogP) is 3.21. The van der Waals surface area contributed by atoms with Gasteiger partial charge >= 0.3 is 0 Å². The smallest absolute Gasteiger partial charge is 0.0723 e. The Hall–Kier alpha value is -0.120. The molecule has 2 atom stereocenters. The minimum atomic E-state index is -0.189. The minimum absolute atomic E-state index is 0.0169. The number of hydrogen-bond acceptors (Lipinski definition) is 3. The molecule has 1 N–H and O–H groups in total. The average Bonchev–Trinajstić information content (AvgIpc) is 2.92. The van der Waals surface area contributed by atoms with Crippen LogP contribution in [0.15, 0.2) is 0 Å². The Bertz CT molecular complexity index is 279. The predicted molar refractivity (Wildman–Crippen MR) is 82.9 cm³/mol. The highest BCUT2D eigenvalue weighted by Gasteiger charge is 2.41. The second-order valence-electron chi connectivity index (χ2n) is 7.26. The van der Waals surface area contributed by atoms with Crippen LogP contribution in [-0.4, -0.2) is 48.5 Å². The molecule has 0 aromatic rings. The first-order valence-electron chi connectivity index (χ1n) is 8.51. The average molecular weight is 283 g/mol. The Morgan fingerprint density at radius 3 is 2.50 bits per heavy atom. The van der Waals surface area contributed by atoms with Crippen LogP contribution in [0.3, 0.4) is 0 Å². The number of rotatable bonds is 6. The molecule has 2 rings (SSSR count). The Labute approximate surface area is 124 Å². The number of aliphatic hydroxyl groups is 1. The first-order chi connectivity index (χ1) is 9.54. The van der Waals surface area contributed by atoms with E-state index in [1.165, 1.54) is 25.7 Å². The quantitative estimate of drug-likeness (QED) is 0.812. The van der Waals surface area contributed by atoms with Crippen molar-refractivity contribution >= 4 is 0 Å². The van der Waals surface area contributed by atoms with Crippen molar-refractivity contribution in [2.45, 2.75) is 82.5 Å². The zero-order valence-electron chi connectivity index (χ0n) is 13.6. The van der Waals surface area contributed by atoms with Gasteiger partial charge in [-0.2, -0.15) is 0 Å². The van der Waals surface area contributed by atoms with Crippen LogP contribution >= 0.6 is 0 Å². The molecule has 0 aromatic heterocycles. The van der Waals surface area contributed by atoms with Crippen LogP contribution in [0, 0.1) is 5.92 Å². The van der Waals surface area contributed by atoms with Gasteiger partial charge in [-0.05, 0) is 77.8 Å². The molecule has 2 fully saturated rings. The lowest BCUT2D eigenvalue weighted by Gasteiger charge is -2.48. The van der Waals surface area contributed by atoms with Gasteiger partial charge in [-0.25, -0.2) is 0 Å². The van der Waals surface area contributed by atoms with E-state index in [0.29, 0.717) is 6.10 Å². The lowest BCUT2D eigenvalue weighted by Crippen LogP contribution is -2.55. The van der Waals surface area contributed by atoms with Crippen molar-refractivity contribution in [2.75, 3.05) is 20.7 Å². The van der Waals surface area contributed by atoms with E-state index in [-0.39, 0.29) is 11.6 Å². The summed E-state index contributed by atoms with van der Waals surface area (Å²) in [6, 6.07) is 0. The lowest BCUT2D eigenvalue weighted by atomic mass is 9.72. The number of nitrogens with zero attached hydrogens (tertiary/aromatic N) is 1. The summed E-state index contributed by atoms with van der Waals surface area (Å²) in [5.41, 5.74) is 0.0169. The summed E-state index contributed by atoms with van der Waals surface area (Å²) < 4.78 is 5.67. The van der Waals surface area contributed by atoms with Gasteiger partial charge in [0.2, 0.25) is 0 Å². The highest BCUT2D eigenvalue weighted by atomic mass is 16.5. The van der Waals surface area contributed by atoms with Crippen LogP contribution in [0.2, 0.25) is 0 Å². The van der Waals surface area contributed by atoms with Crippen molar-refractivity contribution in [3.05, 3.63) is 0 Å². The molecule has 1 aliphatic carbocycles. The van der Waals surface area contributed by atoms with E-state index in [4.69, 9.17) is 4.74 Å². The van der Waals surface area contributed by atoms with Gasteiger partial charge in [0.05, 0.1) is 12.2 Å². The molecule has 0 aromatic carbocycles. The summed E-state index contributed by atoms with van der Waals surface area (Å²) in [6.45, 7) is 3.27. The maximum Gasteiger partial charge on any atom is 0.0723 e. The molecule has 1 heterocycles. The van der Waals surface area contributed by atoms with E-state index >= 15 is 0 Å². The van der Waals surface area contributed by atoms with E-state index in [2.05, 4.69) is 25.9 Å². The van der Waals surface area contributed by atoms with Crippen LogP contribution in [0.4, 0.5) is 0 Å². The fourth-order valence-corrected chi connectivity index (χ4v) is 4.02. The molecule has 20 heavy (non-hydrogen) atoms.